The molecule has 1 aliphatic rings. The molecule has 1 aliphatic carbocycles. The number of hydrogen-bond donors (Lipinski definition) is 4. The number of aliphatic hydroxyl groups excluding tert-OH is 3. The third-order valence-corrected chi connectivity index (χ3v) is 3.46. The van der Waals surface area contributed by atoms with Gasteiger partial charge in [0.1, 0.15) is 17.7 Å². The maximum Gasteiger partial charge on any atom is 0.151 e. The molecule has 0 saturated carbocycles. The standard InChI is InChI=1S/C12H14N4O3/c13-12-9-7(1-2-14-12)16(5-15-9)8-3-6(4-17)10(18)11(8)19/h1-3,5,8,10-11,17-19H,4H2,(H2,13,14)/t8-,10+,11+/m0/s1. The highest BCUT2D eigenvalue weighted by Crippen LogP contribution is 2.32. The second-order valence-corrected chi connectivity index (χ2v) is 4.54. The van der Waals surface area contributed by atoms with Crippen LogP contribution in [-0.4, -0.2) is 48.7 Å². The maximum absolute atomic E-state index is 10.1. The summed E-state index contributed by atoms with van der Waals surface area (Å²) in [6.45, 7) is -0.287. The first kappa shape index (κ1) is 12.1. The highest BCUT2D eigenvalue weighted by atomic mass is 16.3. The van der Waals surface area contributed by atoms with Gasteiger partial charge in [0.25, 0.3) is 0 Å². The van der Waals surface area contributed by atoms with Gasteiger partial charge in [-0.3, -0.25) is 0 Å². The fraction of sp³-hybridized carbons (Fsp3) is 0.333. The van der Waals surface area contributed by atoms with E-state index in [9.17, 15) is 10.2 Å². The lowest BCUT2D eigenvalue weighted by atomic mass is 10.1. The minimum atomic E-state index is -1.06. The molecule has 0 aromatic carbocycles. The smallest absolute Gasteiger partial charge is 0.151 e. The first-order valence-corrected chi connectivity index (χ1v) is 5.88. The van der Waals surface area contributed by atoms with Crippen molar-refractivity contribution < 1.29 is 15.3 Å². The van der Waals surface area contributed by atoms with Crippen molar-refractivity contribution in [2.24, 2.45) is 0 Å². The molecular formula is C12H14N4O3. The van der Waals surface area contributed by atoms with E-state index in [0.717, 1.165) is 5.52 Å². The number of anilines is 1. The average molecular weight is 262 g/mol. The van der Waals surface area contributed by atoms with Gasteiger partial charge in [0.05, 0.1) is 24.5 Å². The minimum absolute atomic E-state index is 0.287. The molecule has 0 saturated heterocycles. The Morgan fingerprint density at radius 2 is 2.11 bits per heavy atom. The Kier molecular flexibility index (Phi) is 2.74. The monoisotopic (exact) mass is 262 g/mol. The first-order valence-electron chi connectivity index (χ1n) is 5.88. The predicted octanol–water partition coefficient (Wildman–Crippen LogP) is -0.791. The van der Waals surface area contributed by atoms with Crippen LogP contribution in [0.1, 0.15) is 6.04 Å². The molecule has 7 nitrogen and oxygen atoms in total. The van der Waals surface area contributed by atoms with E-state index < -0.39 is 18.2 Å². The molecule has 3 atom stereocenters. The molecule has 0 unspecified atom stereocenters. The van der Waals surface area contributed by atoms with Crippen LogP contribution in [-0.2, 0) is 0 Å². The molecule has 0 spiro atoms. The number of pyridine rings is 1. The topological polar surface area (TPSA) is 117 Å². The van der Waals surface area contributed by atoms with E-state index in [1.165, 1.54) is 0 Å². The number of fused-ring (bicyclic) bond motifs is 1. The van der Waals surface area contributed by atoms with E-state index in [-0.39, 0.29) is 6.61 Å². The molecule has 0 fully saturated rings. The van der Waals surface area contributed by atoms with Crippen LogP contribution >= 0.6 is 0 Å². The van der Waals surface area contributed by atoms with Crippen LogP contribution in [0.3, 0.4) is 0 Å². The molecule has 100 valence electrons. The van der Waals surface area contributed by atoms with Crippen molar-refractivity contribution in [2.45, 2.75) is 18.2 Å². The Morgan fingerprint density at radius 3 is 2.79 bits per heavy atom. The van der Waals surface area contributed by atoms with Gasteiger partial charge in [0.2, 0.25) is 0 Å². The van der Waals surface area contributed by atoms with Crippen LogP contribution in [0, 0.1) is 0 Å². The number of aliphatic hydroxyl groups is 3. The second kappa shape index (κ2) is 4.30. The molecule has 2 heterocycles. The van der Waals surface area contributed by atoms with Gasteiger partial charge in [0, 0.05) is 6.20 Å². The van der Waals surface area contributed by atoms with Gasteiger partial charge in [-0.15, -0.1) is 0 Å². The zero-order chi connectivity index (χ0) is 13.6. The van der Waals surface area contributed by atoms with Gasteiger partial charge in [-0.05, 0) is 11.6 Å². The SMILES string of the molecule is Nc1nccc2c1ncn2[C@H]1C=C(CO)[C@@H](O)[C@@H]1O. The normalized spacial score (nSPS) is 26.9. The Bertz CT molecular complexity index is 651. The number of nitrogens with zero attached hydrogens (tertiary/aromatic N) is 3. The molecule has 19 heavy (non-hydrogen) atoms. The molecule has 3 rings (SSSR count). The number of aromatic nitrogens is 3. The van der Waals surface area contributed by atoms with Crippen molar-refractivity contribution in [1.29, 1.82) is 0 Å². The largest absolute Gasteiger partial charge is 0.392 e. The average Bonchev–Trinajstić information content (AvgIpc) is 2.94. The molecule has 2 aromatic heterocycles. The summed E-state index contributed by atoms with van der Waals surface area (Å²) in [5.74, 6) is 0.315. The van der Waals surface area contributed by atoms with Crippen LogP contribution < -0.4 is 5.73 Å². The molecule has 5 N–H and O–H groups in total. The number of imidazole rings is 1. The first-order chi connectivity index (χ1) is 9.13. The van der Waals surface area contributed by atoms with E-state index in [1.54, 1.807) is 29.2 Å². The number of nitrogen functional groups attached to an aromatic ring is 1. The summed E-state index contributed by atoms with van der Waals surface area (Å²) in [5, 5.41) is 29.0. The Labute approximate surface area is 108 Å². The lowest BCUT2D eigenvalue weighted by Gasteiger charge is -2.19. The molecule has 2 aromatic rings. The molecule has 0 amide bonds. The van der Waals surface area contributed by atoms with Gasteiger partial charge in [-0.1, -0.05) is 6.08 Å². The Morgan fingerprint density at radius 1 is 1.32 bits per heavy atom. The fourth-order valence-corrected chi connectivity index (χ4v) is 2.43. The van der Waals surface area contributed by atoms with E-state index in [2.05, 4.69) is 9.97 Å². The highest BCUT2D eigenvalue weighted by molar-refractivity contribution is 5.84. The van der Waals surface area contributed by atoms with Crippen molar-refractivity contribution in [3.05, 3.63) is 30.2 Å². The molecule has 0 radical (unpaired) electrons. The lowest BCUT2D eigenvalue weighted by molar-refractivity contribution is 0.0288. The Hall–Kier alpha value is -1.96. The number of hydrogen-bond acceptors (Lipinski definition) is 6. The van der Waals surface area contributed by atoms with Crippen LogP contribution in [0.25, 0.3) is 11.0 Å². The van der Waals surface area contributed by atoms with Gasteiger partial charge < -0.3 is 25.6 Å². The summed E-state index contributed by atoms with van der Waals surface area (Å²) in [7, 11) is 0. The third-order valence-electron chi connectivity index (χ3n) is 3.46. The van der Waals surface area contributed by atoms with Crippen LogP contribution in [0.4, 0.5) is 5.82 Å². The van der Waals surface area contributed by atoms with Crippen LogP contribution in [0.15, 0.2) is 30.2 Å². The minimum Gasteiger partial charge on any atom is -0.392 e. The summed E-state index contributed by atoms with van der Waals surface area (Å²) in [5.41, 5.74) is 7.41. The van der Waals surface area contributed by atoms with Crippen molar-refractivity contribution in [1.82, 2.24) is 14.5 Å². The van der Waals surface area contributed by atoms with Gasteiger partial charge in [0.15, 0.2) is 5.82 Å². The zero-order valence-electron chi connectivity index (χ0n) is 10.0. The molecule has 0 bridgehead atoms. The van der Waals surface area contributed by atoms with Crippen molar-refractivity contribution in [3.63, 3.8) is 0 Å². The van der Waals surface area contributed by atoms with Gasteiger partial charge in [-0.2, -0.15) is 0 Å². The summed E-state index contributed by atoms with van der Waals surface area (Å²) in [4.78, 5) is 8.11. The van der Waals surface area contributed by atoms with Crippen molar-refractivity contribution >= 4 is 16.9 Å². The summed E-state index contributed by atoms with van der Waals surface area (Å²) < 4.78 is 1.71. The van der Waals surface area contributed by atoms with Gasteiger partial charge in [-0.25, -0.2) is 9.97 Å². The second-order valence-electron chi connectivity index (χ2n) is 4.54. The summed E-state index contributed by atoms with van der Waals surface area (Å²) in [6.07, 6.45) is 2.66. The van der Waals surface area contributed by atoms with Crippen LogP contribution in [0.2, 0.25) is 0 Å². The lowest BCUT2D eigenvalue weighted by Crippen LogP contribution is -2.29. The fourth-order valence-electron chi connectivity index (χ4n) is 2.43. The number of rotatable bonds is 2. The molecule has 0 aliphatic heterocycles. The maximum atomic E-state index is 10.1. The Balaban J connectivity index is 2.11. The van der Waals surface area contributed by atoms with Crippen LogP contribution in [0.5, 0.6) is 0 Å². The van der Waals surface area contributed by atoms with Crippen molar-refractivity contribution in [2.75, 3.05) is 12.3 Å². The molecular weight excluding hydrogens is 248 g/mol. The van der Waals surface area contributed by atoms with Gasteiger partial charge >= 0.3 is 0 Å². The number of nitrogens with two attached hydrogens (primary N) is 1. The zero-order valence-corrected chi connectivity index (χ0v) is 10.0. The predicted molar refractivity (Wildman–Crippen MR) is 68.2 cm³/mol. The van der Waals surface area contributed by atoms with Crippen molar-refractivity contribution in [3.8, 4) is 0 Å². The van der Waals surface area contributed by atoms with E-state index in [4.69, 9.17) is 10.8 Å². The van der Waals surface area contributed by atoms with E-state index in [1.807, 2.05) is 0 Å². The quantitative estimate of drug-likeness (QED) is 0.527. The van der Waals surface area contributed by atoms with E-state index >= 15 is 0 Å². The summed E-state index contributed by atoms with van der Waals surface area (Å²) in [6, 6.07) is 1.26. The molecule has 7 heteroatoms. The van der Waals surface area contributed by atoms with E-state index in [0.29, 0.717) is 16.9 Å². The third kappa shape index (κ3) is 1.71. The highest BCUT2D eigenvalue weighted by Gasteiger charge is 2.35. The summed E-state index contributed by atoms with van der Waals surface area (Å²) >= 11 is 0.